The summed E-state index contributed by atoms with van der Waals surface area (Å²) < 4.78 is 5.46. The molecule has 2 aliphatic heterocycles. The highest BCUT2D eigenvalue weighted by Crippen LogP contribution is 2.20. The molecule has 0 amide bonds. The quantitative estimate of drug-likeness (QED) is 0.377. The van der Waals surface area contributed by atoms with Gasteiger partial charge in [-0.05, 0) is 41.7 Å². The topological polar surface area (TPSA) is 40.1 Å². The Kier molecular flexibility index (Phi) is 9.66. The zero-order chi connectivity index (χ0) is 17.5. The molecule has 2 unspecified atom stereocenters. The molecule has 7 heteroatoms. The van der Waals surface area contributed by atoms with Gasteiger partial charge < -0.3 is 15.0 Å². The maximum absolute atomic E-state index is 5.46. The highest BCUT2D eigenvalue weighted by atomic mass is 127. The lowest BCUT2D eigenvalue weighted by atomic mass is 10.1. The van der Waals surface area contributed by atoms with Gasteiger partial charge >= 0.3 is 0 Å². The lowest BCUT2D eigenvalue weighted by molar-refractivity contribution is 0.0315. The summed E-state index contributed by atoms with van der Waals surface area (Å²) in [6.07, 6.45) is 1.27. The molecule has 1 N–H and O–H groups in total. The van der Waals surface area contributed by atoms with Crippen molar-refractivity contribution in [2.75, 3.05) is 59.0 Å². The van der Waals surface area contributed by atoms with Crippen molar-refractivity contribution in [1.82, 2.24) is 15.1 Å². The van der Waals surface area contributed by atoms with E-state index in [0.29, 0.717) is 5.92 Å². The van der Waals surface area contributed by atoms with Crippen LogP contribution in [-0.4, -0.2) is 74.8 Å². The van der Waals surface area contributed by atoms with Crippen LogP contribution in [0.3, 0.4) is 0 Å². The van der Waals surface area contributed by atoms with E-state index in [1.807, 2.05) is 0 Å². The number of morpholine rings is 1. The van der Waals surface area contributed by atoms with Crippen molar-refractivity contribution in [2.24, 2.45) is 10.9 Å². The molecule has 0 aromatic carbocycles. The summed E-state index contributed by atoms with van der Waals surface area (Å²) in [4.78, 5) is 9.94. The van der Waals surface area contributed by atoms with Crippen LogP contribution >= 0.6 is 35.3 Å². The van der Waals surface area contributed by atoms with Gasteiger partial charge in [0.1, 0.15) is 0 Å². The fourth-order valence-electron chi connectivity index (χ4n) is 3.63. The molecule has 5 nitrogen and oxygen atoms in total. The molecule has 2 aliphatic rings. The van der Waals surface area contributed by atoms with Crippen LogP contribution in [0.1, 0.15) is 31.7 Å². The van der Waals surface area contributed by atoms with E-state index < -0.39 is 0 Å². The summed E-state index contributed by atoms with van der Waals surface area (Å²) in [5.41, 5.74) is 1.40. The van der Waals surface area contributed by atoms with E-state index in [0.717, 1.165) is 64.4 Å². The van der Waals surface area contributed by atoms with Gasteiger partial charge in [0.15, 0.2) is 5.96 Å². The van der Waals surface area contributed by atoms with Crippen LogP contribution in [0.4, 0.5) is 0 Å². The molecule has 0 saturated carbocycles. The first-order valence-corrected chi connectivity index (χ1v) is 10.6. The number of rotatable bonds is 6. The van der Waals surface area contributed by atoms with Gasteiger partial charge in [-0.15, -0.1) is 24.0 Å². The summed E-state index contributed by atoms with van der Waals surface area (Å²) in [6.45, 7) is 13.6. The summed E-state index contributed by atoms with van der Waals surface area (Å²) in [5.74, 6) is 2.32. The monoisotopic (exact) mass is 492 g/mol. The standard InChI is InChI=1S/C19H32N4OS.HI/c1-3-20-19(21-12-16(2)18-5-11-25-15-18)23-6-4-17(14-23)13-22-7-9-24-10-8-22;/h5,11,15-17H,3-4,6-10,12-14H2,1-2H3,(H,20,21);1H. The molecule has 2 saturated heterocycles. The summed E-state index contributed by atoms with van der Waals surface area (Å²) in [7, 11) is 0. The summed E-state index contributed by atoms with van der Waals surface area (Å²) in [6, 6.07) is 2.21. The molecule has 1 aromatic rings. The number of thiophene rings is 1. The minimum absolute atomic E-state index is 0. The Morgan fingerprint density at radius 1 is 1.38 bits per heavy atom. The van der Waals surface area contributed by atoms with Crippen LogP contribution in [0.15, 0.2) is 21.8 Å². The van der Waals surface area contributed by atoms with Crippen LogP contribution in [0.5, 0.6) is 0 Å². The van der Waals surface area contributed by atoms with Gasteiger partial charge in [0.25, 0.3) is 0 Å². The predicted octanol–water partition coefficient (Wildman–Crippen LogP) is 3.09. The SMILES string of the molecule is CCNC(=NCC(C)c1ccsc1)N1CCC(CN2CCOCC2)C1.I. The normalized spacial score (nSPS) is 22.9. The summed E-state index contributed by atoms with van der Waals surface area (Å²) in [5, 5.41) is 7.88. The maximum atomic E-state index is 5.46. The van der Waals surface area contributed by atoms with Crippen LogP contribution in [0.2, 0.25) is 0 Å². The van der Waals surface area contributed by atoms with Gasteiger partial charge in [-0.2, -0.15) is 11.3 Å². The molecule has 0 bridgehead atoms. The van der Waals surface area contributed by atoms with Gasteiger partial charge in [-0.1, -0.05) is 6.92 Å². The molecule has 1 aromatic heterocycles. The smallest absolute Gasteiger partial charge is 0.193 e. The van der Waals surface area contributed by atoms with Crippen molar-refractivity contribution in [2.45, 2.75) is 26.2 Å². The largest absolute Gasteiger partial charge is 0.379 e. The zero-order valence-corrected chi connectivity index (χ0v) is 19.2. The molecule has 0 aliphatic carbocycles. The highest BCUT2D eigenvalue weighted by molar-refractivity contribution is 14.0. The molecule has 148 valence electrons. The first-order valence-electron chi connectivity index (χ1n) is 9.61. The molecular formula is C19H33IN4OS. The Balaban J connectivity index is 0.00000243. The van der Waals surface area contributed by atoms with E-state index in [4.69, 9.17) is 9.73 Å². The second kappa shape index (κ2) is 11.5. The number of aliphatic imine (C=N–C) groups is 1. The third-order valence-electron chi connectivity index (χ3n) is 5.17. The maximum Gasteiger partial charge on any atom is 0.193 e. The Labute approximate surface area is 179 Å². The van der Waals surface area contributed by atoms with E-state index in [9.17, 15) is 0 Å². The minimum Gasteiger partial charge on any atom is -0.379 e. The van der Waals surface area contributed by atoms with Crippen molar-refractivity contribution < 1.29 is 4.74 Å². The second-order valence-electron chi connectivity index (χ2n) is 7.17. The fraction of sp³-hybridized carbons (Fsp3) is 0.737. The van der Waals surface area contributed by atoms with Crippen LogP contribution in [-0.2, 0) is 4.74 Å². The van der Waals surface area contributed by atoms with Crippen molar-refractivity contribution in [1.29, 1.82) is 0 Å². The Bertz CT molecular complexity index is 534. The van der Waals surface area contributed by atoms with E-state index in [1.54, 1.807) is 11.3 Å². The Morgan fingerprint density at radius 2 is 2.19 bits per heavy atom. The van der Waals surface area contributed by atoms with Gasteiger partial charge in [-0.3, -0.25) is 9.89 Å². The van der Waals surface area contributed by atoms with Crippen LogP contribution in [0, 0.1) is 5.92 Å². The Hall–Kier alpha value is -0.380. The van der Waals surface area contributed by atoms with Gasteiger partial charge in [0.05, 0.1) is 13.2 Å². The van der Waals surface area contributed by atoms with Crippen molar-refractivity contribution in [3.63, 3.8) is 0 Å². The van der Waals surface area contributed by atoms with E-state index in [1.165, 1.54) is 18.5 Å². The van der Waals surface area contributed by atoms with E-state index in [2.05, 4.69) is 45.8 Å². The first kappa shape index (κ1) is 21.9. The van der Waals surface area contributed by atoms with Gasteiger partial charge in [0.2, 0.25) is 0 Å². The van der Waals surface area contributed by atoms with E-state index >= 15 is 0 Å². The van der Waals surface area contributed by atoms with Crippen LogP contribution < -0.4 is 5.32 Å². The number of nitrogens with zero attached hydrogens (tertiary/aromatic N) is 3. The molecule has 0 spiro atoms. The lowest BCUT2D eigenvalue weighted by Crippen LogP contribution is -2.42. The molecular weight excluding hydrogens is 459 g/mol. The summed E-state index contributed by atoms with van der Waals surface area (Å²) >= 11 is 1.77. The number of guanidine groups is 1. The van der Waals surface area contributed by atoms with E-state index in [-0.39, 0.29) is 24.0 Å². The number of nitrogens with one attached hydrogen (secondary N) is 1. The predicted molar refractivity (Wildman–Crippen MR) is 121 cm³/mol. The average molecular weight is 492 g/mol. The molecule has 3 heterocycles. The first-order chi connectivity index (χ1) is 12.3. The average Bonchev–Trinajstić information content (AvgIpc) is 3.31. The van der Waals surface area contributed by atoms with Crippen LogP contribution in [0.25, 0.3) is 0 Å². The number of halogens is 1. The fourth-order valence-corrected chi connectivity index (χ4v) is 4.42. The molecule has 2 atom stereocenters. The third kappa shape index (κ3) is 6.35. The van der Waals surface area contributed by atoms with Gasteiger partial charge in [0, 0.05) is 51.7 Å². The molecule has 26 heavy (non-hydrogen) atoms. The van der Waals surface area contributed by atoms with Crippen molar-refractivity contribution >= 4 is 41.3 Å². The lowest BCUT2D eigenvalue weighted by Gasteiger charge is -2.29. The van der Waals surface area contributed by atoms with Gasteiger partial charge in [-0.25, -0.2) is 0 Å². The third-order valence-corrected chi connectivity index (χ3v) is 5.87. The number of hydrogen-bond donors (Lipinski definition) is 1. The zero-order valence-electron chi connectivity index (χ0n) is 16.0. The highest BCUT2D eigenvalue weighted by Gasteiger charge is 2.27. The number of likely N-dealkylation sites (tertiary alicyclic amines) is 1. The minimum atomic E-state index is 0. The molecule has 3 rings (SSSR count). The number of hydrogen-bond acceptors (Lipinski definition) is 4. The van der Waals surface area contributed by atoms with Crippen molar-refractivity contribution in [3.05, 3.63) is 22.4 Å². The second-order valence-corrected chi connectivity index (χ2v) is 7.95. The Morgan fingerprint density at radius 3 is 2.88 bits per heavy atom. The van der Waals surface area contributed by atoms with Crippen molar-refractivity contribution in [3.8, 4) is 0 Å². The molecule has 2 fully saturated rings. The number of ether oxygens (including phenoxy) is 1. The molecule has 0 radical (unpaired) electrons.